The quantitative estimate of drug-likeness (QED) is 0.801. The third-order valence-corrected chi connectivity index (χ3v) is 4.52. The number of hydrogen-bond acceptors (Lipinski definition) is 6. The van der Waals surface area contributed by atoms with E-state index in [1.807, 2.05) is 25.4 Å². The minimum atomic E-state index is 0.598. The summed E-state index contributed by atoms with van der Waals surface area (Å²) in [6.07, 6.45) is 2.81. The zero-order chi connectivity index (χ0) is 13.4. The maximum Gasteiger partial charge on any atom is 0.262 e. The lowest BCUT2D eigenvalue weighted by molar-refractivity contribution is 0.431. The number of nitrogens with two attached hydrogens (primary N) is 1. The molecule has 2 N–H and O–H groups in total. The summed E-state index contributed by atoms with van der Waals surface area (Å²) >= 11 is 3.07. The molecular formula is C12H14N4OS2. The van der Waals surface area contributed by atoms with Crippen LogP contribution in [-0.4, -0.2) is 20.9 Å². The predicted molar refractivity (Wildman–Crippen MR) is 75.9 cm³/mol. The minimum absolute atomic E-state index is 0.598. The average Bonchev–Trinajstić information content (AvgIpc) is 3.00. The van der Waals surface area contributed by atoms with Crippen molar-refractivity contribution in [1.82, 2.24) is 14.4 Å². The van der Waals surface area contributed by atoms with Crippen molar-refractivity contribution < 1.29 is 4.42 Å². The molecule has 3 rings (SSSR count). The molecule has 0 aromatic carbocycles. The van der Waals surface area contributed by atoms with Crippen molar-refractivity contribution in [2.45, 2.75) is 30.5 Å². The normalized spacial score (nSPS) is 11.5. The van der Waals surface area contributed by atoms with E-state index in [4.69, 9.17) is 10.2 Å². The van der Waals surface area contributed by atoms with Gasteiger partial charge in [-0.15, -0.1) is 11.3 Å². The smallest absolute Gasteiger partial charge is 0.262 e. The Bertz CT molecular complexity index is 693. The molecule has 0 fully saturated rings. The van der Waals surface area contributed by atoms with Crippen LogP contribution in [0.5, 0.6) is 0 Å². The first-order valence-corrected chi connectivity index (χ1v) is 7.65. The Hall–Kier alpha value is -1.31. The summed E-state index contributed by atoms with van der Waals surface area (Å²) in [6, 6.07) is 0. The number of fused-ring (bicyclic) bond motifs is 1. The number of aryl methyl sites for hydroxylation is 2. The molecule has 0 aliphatic rings. The number of rotatable bonds is 4. The van der Waals surface area contributed by atoms with E-state index in [0.717, 1.165) is 33.6 Å². The van der Waals surface area contributed by atoms with Gasteiger partial charge in [-0.1, -0.05) is 0 Å². The first-order valence-electron chi connectivity index (χ1n) is 5.95. The molecule has 0 unspecified atom stereocenters. The lowest BCUT2D eigenvalue weighted by atomic mass is 10.3. The van der Waals surface area contributed by atoms with Gasteiger partial charge < -0.3 is 10.2 Å². The van der Waals surface area contributed by atoms with Gasteiger partial charge in [-0.05, 0) is 32.2 Å². The van der Waals surface area contributed by atoms with Crippen LogP contribution in [-0.2, 0) is 6.42 Å². The van der Waals surface area contributed by atoms with Crippen molar-refractivity contribution >= 4 is 28.1 Å². The summed E-state index contributed by atoms with van der Waals surface area (Å²) in [6.45, 7) is 4.45. The van der Waals surface area contributed by atoms with Crippen molar-refractivity contribution in [2.75, 3.05) is 6.54 Å². The van der Waals surface area contributed by atoms with E-state index >= 15 is 0 Å². The highest BCUT2D eigenvalue weighted by Crippen LogP contribution is 2.32. The number of imidazole rings is 1. The van der Waals surface area contributed by atoms with Gasteiger partial charge in [-0.25, -0.2) is 9.97 Å². The summed E-state index contributed by atoms with van der Waals surface area (Å²) in [5.74, 6) is 0.851. The highest BCUT2D eigenvalue weighted by molar-refractivity contribution is 7.99. The van der Waals surface area contributed by atoms with Crippen LogP contribution in [0.3, 0.4) is 0 Å². The molecule has 19 heavy (non-hydrogen) atoms. The highest BCUT2D eigenvalue weighted by atomic mass is 32.2. The molecule has 0 bridgehead atoms. The Balaban J connectivity index is 1.99. The summed E-state index contributed by atoms with van der Waals surface area (Å²) < 4.78 is 7.68. The maximum absolute atomic E-state index is 5.68. The molecule has 0 radical (unpaired) electrons. The summed E-state index contributed by atoms with van der Waals surface area (Å²) in [4.78, 5) is 9.97. The summed E-state index contributed by atoms with van der Waals surface area (Å²) in [5.41, 5.74) is 7.73. The zero-order valence-corrected chi connectivity index (χ0v) is 12.3. The number of aromatic nitrogens is 3. The third kappa shape index (κ3) is 2.29. The average molecular weight is 294 g/mol. The van der Waals surface area contributed by atoms with Crippen molar-refractivity contribution in [2.24, 2.45) is 5.73 Å². The number of oxazole rings is 1. The van der Waals surface area contributed by atoms with E-state index in [0.29, 0.717) is 11.8 Å². The van der Waals surface area contributed by atoms with Crippen molar-refractivity contribution in [3.63, 3.8) is 0 Å². The molecule has 0 aliphatic carbocycles. The molecule has 0 aliphatic heterocycles. The van der Waals surface area contributed by atoms with E-state index in [9.17, 15) is 0 Å². The Labute approximate surface area is 118 Å². The Morgan fingerprint density at radius 2 is 2.26 bits per heavy atom. The van der Waals surface area contributed by atoms with Gasteiger partial charge in [-0.3, -0.25) is 4.40 Å². The van der Waals surface area contributed by atoms with Gasteiger partial charge >= 0.3 is 0 Å². The topological polar surface area (TPSA) is 69.3 Å². The van der Waals surface area contributed by atoms with Crippen molar-refractivity contribution in [3.8, 4) is 0 Å². The fourth-order valence-corrected chi connectivity index (χ4v) is 3.58. The molecular weight excluding hydrogens is 280 g/mol. The molecule has 5 nitrogen and oxygen atoms in total. The maximum atomic E-state index is 5.68. The molecule has 3 aromatic rings. The van der Waals surface area contributed by atoms with Crippen LogP contribution in [0.15, 0.2) is 26.2 Å². The van der Waals surface area contributed by atoms with Gasteiger partial charge in [0.1, 0.15) is 10.8 Å². The van der Waals surface area contributed by atoms with Crippen molar-refractivity contribution in [3.05, 3.63) is 28.7 Å². The fourth-order valence-electron chi connectivity index (χ4n) is 1.83. The van der Waals surface area contributed by atoms with Gasteiger partial charge in [-0.2, -0.15) is 0 Å². The van der Waals surface area contributed by atoms with Crippen LogP contribution in [0.25, 0.3) is 4.96 Å². The number of hydrogen-bond donors (Lipinski definition) is 1. The summed E-state index contributed by atoms with van der Waals surface area (Å²) in [7, 11) is 0. The zero-order valence-electron chi connectivity index (χ0n) is 10.7. The van der Waals surface area contributed by atoms with E-state index < -0.39 is 0 Å². The molecule has 3 heterocycles. The molecule has 0 spiro atoms. The molecule has 0 amide bonds. The lowest BCUT2D eigenvalue weighted by Crippen LogP contribution is -2.05. The molecule has 0 saturated carbocycles. The van der Waals surface area contributed by atoms with E-state index in [-0.39, 0.29) is 0 Å². The van der Waals surface area contributed by atoms with Gasteiger partial charge in [0, 0.05) is 18.0 Å². The van der Waals surface area contributed by atoms with Crippen LogP contribution in [0.2, 0.25) is 0 Å². The lowest BCUT2D eigenvalue weighted by Gasteiger charge is -1.99. The molecule has 7 heteroatoms. The predicted octanol–water partition coefficient (Wildman–Crippen LogP) is 2.65. The number of thiazole rings is 1. The van der Waals surface area contributed by atoms with Crippen LogP contribution in [0, 0.1) is 13.8 Å². The Kier molecular flexibility index (Phi) is 3.34. The summed E-state index contributed by atoms with van der Waals surface area (Å²) in [5, 5.41) is 3.59. The SMILES string of the molecule is Cc1nc(Sc2nc3sccn3c2CCN)oc1C. The second-order valence-electron chi connectivity index (χ2n) is 4.18. The standard InChI is InChI=1S/C12H14N4OS2/c1-7-8(2)17-12(14-7)19-10-9(3-4-13)16-5-6-18-11(16)15-10/h5-6H,3-4,13H2,1-2H3. The molecule has 0 atom stereocenters. The van der Waals surface area contributed by atoms with E-state index in [1.165, 1.54) is 11.8 Å². The highest BCUT2D eigenvalue weighted by Gasteiger charge is 2.16. The van der Waals surface area contributed by atoms with E-state index in [2.05, 4.69) is 14.4 Å². The molecule has 100 valence electrons. The van der Waals surface area contributed by atoms with Crippen LogP contribution in [0.1, 0.15) is 17.1 Å². The number of nitrogens with zero attached hydrogens (tertiary/aromatic N) is 3. The molecule has 0 saturated heterocycles. The largest absolute Gasteiger partial charge is 0.436 e. The fraction of sp³-hybridized carbons (Fsp3) is 0.333. The van der Waals surface area contributed by atoms with Gasteiger partial charge in [0.25, 0.3) is 5.22 Å². The van der Waals surface area contributed by atoms with Crippen molar-refractivity contribution in [1.29, 1.82) is 0 Å². The Morgan fingerprint density at radius 1 is 1.42 bits per heavy atom. The van der Waals surface area contributed by atoms with Crippen LogP contribution >= 0.6 is 23.1 Å². The second kappa shape index (κ2) is 4.99. The van der Waals surface area contributed by atoms with Gasteiger partial charge in [0.05, 0.1) is 11.4 Å². The van der Waals surface area contributed by atoms with Crippen LogP contribution in [0.4, 0.5) is 0 Å². The monoisotopic (exact) mass is 294 g/mol. The molecule has 3 aromatic heterocycles. The third-order valence-electron chi connectivity index (χ3n) is 2.90. The first kappa shape index (κ1) is 12.7. The van der Waals surface area contributed by atoms with Gasteiger partial charge in [0.2, 0.25) is 0 Å². The minimum Gasteiger partial charge on any atom is -0.436 e. The van der Waals surface area contributed by atoms with Crippen LogP contribution < -0.4 is 5.73 Å². The van der Waals surface area contributed by atoms with E-state index in [1.54, 1.807) is 11.3 Å². The van der Waals surface area contributed by atoms with Gasteiger partial charge in [0.15, 0.2) is 4.96 Å². The Morgan fingerprint density at radius 3 is 2.95 bits per heavy atom. The second-order valence-corrected chi connectivity index (χ2v) is 5.99. The first-order chi connectivity index (χ1) is 9.19.